The number of carbonyl (C=O) groups excluding carboxylic acids is 1. The van der Waals surface area contributed by atoms with Crippen molar-refractivity contribution in [3.8, 4) is 11.5 Å². The normalized spacial score (nSPS) is 18.0. The Morgan fingerprint density at radius 2 is 2.45 bits per heavy atom. The number of nitrogen functional groups attached to an aromatic ring is 1. The zero-order valence-corrected chi connectivity index (χ0v) is 13.1. The number of ether oxygens (including phenoxy) is 2. The lowest BCUT2D eigenvalue weighted by atomic mass is 10.1. The van der Waals surface area contributed by atoms with Gasteiger partial charge in [-0.2, -0.15) is 0 Å². The molecule has 8 heteroatoms. The van der Waals surface area contributed by atoms with Crippen LogP contribution in [-0.4, -0.2) is 50.0 Å². The van der Waals surface area contributed by atoms with Crippen molar-refractivity contribution in [3.63, 3.8) is 0 Å². The molecule has 1 aromatic carbocycles. The molecule has 0 spiro atoms. The summed E-state index contributed by atoms with van der Waals surface area (Å²) in [5, 5.41) is 16.0. The number of morpholine rings is 1. The molecule has 0 radical (unpaired) electrons. The van der Waals surface area contributed by atoms with E-state index < -0.39 is 5.91 Å². The van der Waals surface area contributed by atoms with E-state index in [9.17, 15) is 9.90 Å². The Balaban J connectivity index is 2.13. The minimum atomic E-state index is -0.408. The van der Waals surface area contributed by atoms with Crippen molar-refractivity contribution >= 4 is 23.2 Å². The quantitative estimate of drug-likeness (QED) is 0.469. The molecule has 1 amide bonds. The van der Waals surface area contributed by atoms with Gasteiger partial charge in [0.15, 0.2) is 11.5 Å². The van der Waals surface area contributed by atoms with Crippen molar-refractivity contribution in [2.45, 2.75) is 13.0 Å². The zero-order chi connectivity index (χ0) is 16.1. The maximum Gasteiger partial charge on any atom is 0.255 e. The average molecular weight is 330 g/mol. The van der Waals surface area contributed by atoms with E-state index in [-0.39, 0.29) is 40.5 Å². The molecule has 1 saturated heterocycles. The van der Waals surface area contributed by atoms with Crippen LogP contribution >= 0.6 is 11.6 Å². The lowest BCUT2D eigenvalue weighted by molar-refractivity contribution is 0.0287. The molecule has 1 aliphatic rings. The van der Waals surface area contributed by atoms with Crippen molar-refractivity contribution in [1.29, 1.82) is 0 Å². The van der Waals surface area contributed by atoms with Gasteiger partial charge in [-0.15, -0.1) is 0 Å². The molecule has 7 nitrogen and oxygen atoms in total. The molecule has 1 unspecified atom stereocenters. The monoisotopic (exact) mass is 329 g/mol. The van der Waals surface area contributed by atoms with Gasteiger partial charge in [-0.25, -0.2) is 0 Å². The number of rotatable bonds is 5. The third-order valence-corrected chi connectivity index (χ3v) is 3.58. The Hall–Kier alpha value is -1.70. The smallest absolute Gasteiger partial charge is 0.255 e. The fourth-order valence-electron chi connectivity index (χ4n) is 2.14. The van der Waals surface area contributed by atoms with E-state index in [2.05, 4.69) is 10.6 Å². The van der Waals surface area contributed by atoms with Crippen LogP contribution in [-0.2, 0) is 4.74 Å². The maximum absolute atomic E-state index is 12.3. The molecule has 22 heavy (non-hydrogen) atoms. The lowest BCUT2D eigenvalue weighted by Gasteiger charge is -2.24. The highest BCUT2D eigenvalue weighted by Gasteiger charge is 2.22. The van der Waals surface area contributed by atoms with Crippen LogP contribution in [0, 0.1) is 0 Å². The molecule has 0 bridgehead atoms. The summed E-state index contributed by atoms with van der Waals surface area (Å²) >= 11 is 5.93. The summed E-state index contributed by atoms with van der Waals surface area (Å²) in [7, 11) is 0. The van der Waals surface area contributed by atoms with E-state index in [4.69, 9.17) is 26.8 Å². The molecule has 1 fully saturated rings. The van der Waals surface area contributed by atoms with Gasteiger partial charge in [0.1, 0.15) is 0 Å². The minimum Gasteiger partial charge on any atom is -0.503 e. The largest absolute Gasteiger partial charge is 0.503 e. The van der Waals surface area contributed by atoms with Crippen molar-refractivity contribution in [3.05, 3.63) is 16.7 Å². The van der Waals surface area contributed by atoms with Crippen molar-refractivity contribution in [2.75, 3.05) is 38.6 Å². The van der Waals surface area contributed by atoms with Crippen molar-refractivity contribution < 1.29 is 19.4 Å². The number of phenolic OH excluding ortho intramolecular Hbond substituents is 1. The molecular weight excluding hydrogens is 310 g/mol. The Bertz CT molecular complexity index is 547. The molecule has 0 saturated carbocycles. The van der Waals surface area contributed by atoms with Gasteiger partial charge in [0.05, 0.1) is 35.6 Å². The third kappa shape index (κ3) is 3.73. The second kappa shape index (κ2) is 7.53. The van der Waals surface area contributed by atoms with Gasteiger partial charge in [-0.3, -0.25) is 4.79 Å². The minimum absolute atomic E-state index is 0.0125. The SMILES string of the molecule is CCOc1c(C(=O)NCC2CNCCO2)cc(Cl)c(N)c1O. The highest BCUT2D eigenvalue weighted by Crippen LogP contribution is 2.40. The summed E-state index contributed by atoms with van der Waals surface area (Å²) in [6.07, 6.45) is -0.0916. The summed E-state index contributed by atoms with van der Waals surface area (Å²) in [5.74, 6) is -0.700. The Morgan fingerprint density at radius 3 is 3.09 bits per heavy atom. The topological polar surface area (TPSA) is 106 Å². The molecule has 1 heterocycles. The van der Waals surface area contributed by atoms with Crippen LogP contribution in [0.3, 0.4) is 0 Å². The molecule has 1 aromatic rings. The van der Waals surface area contributed by atoms with E-state index in [1.807, 2.05) is 0 Å². The zero-order valence-electron chi connectivity index (χ0n) is 12.3. The standard InChI is InChI=1S/C14H20ClN3O4/c1-2-21-13-9(5-10(15)11(16)12(13)19)14(20)18-7-8-6-17-3-4-22-8/h5,8,17,19H,2-4,6-7,16H2,1H3,(H,18,20). The van der Waals surface area contributed by atoms with E-state index >= 15 is 0 Å². The first-order chi connectivity index (χ1) is 10.5. The first-order valence-electron chi connectivity index (χ1n) is 7.08. The Morgan fingerprint density at radius 1 is 1.68 bits per heavy atom. The molecule has 5 N–H and O–H groups in total. The van der Waals surface area contributed by atoms with Crippen LogP contribution in [0.2, 0.25) is 5.02 Å². The molecule has 1 aliphatic heterocycles. The second-order valence-corrected chi connectivity index (χ2v) is 5.24. The molecule has 0 aliphatic carbocycles. The van der Waals surface area contributed by atoms with Crippen LogP contribution < -0.4 is 21.1 Å². The number of hydrogen-bond donors (Lipinski definition) is 4. The van der Waals surface area contributed by atoms with Gasteiger partial charge in [-0.05, 0) is 13.0 Å². The number of carbonyl (C=O) groups is 1. The van der Waals surface area contributed by atoms with Crippen LogP contribution in [0.4, 0.5) is 5.69 Å². The molecule has 2 rings (SSSR count). The summed E-state index contributed by atoms with van der Waals surface area (Å²) in [4.78, 5) is 12.3. The van der Waals surface area contributed by atoms with Gasteiger partial charge in [-0.1, -0.05) is 11.6 Å². The van der Waals surface area contributed by atoms with E-state index in [1.165, 1.54) is 6.07 Å². The van der Waals surface area contributed by atoms with Crippen LogP contribution in [0.25, 0.3) is 0 Å². The maximum atomic E-state index is 12.3. The van der Waals surface area contributed by atoms with Gasteiger partial charge in [0.2, 0.25) is 0 Å². The first-order valence-corrected chi connectivity index (χ1v) is 7.46. The number of phenols is 1. The number of nitrogens with one attached hydrogen (secondary N) is 2. The number of halogens is 1. The Kier molecular flexibility index (Phi) is 5.70. The fraction of sp³-hybridized carbons (Fsp3) is 0.500. The van der Waals surface area contributed by atoms with Gasteiger partial charge in [0.25, 0.3) is 5.91 Å². The summed E-state index contributed by atoms with van der Waals surface area (Å²) in [6, 6.07) is 1.39. The number of anilines is 1. The number of hydrogen-bond acceptors (Lipinski definition) is 6. The lowest BCUT2D eigenvalue weighted by Crippen LogP contribution is -2.45. The van der Waals surface area contributed by atoms with Gasteiger partial charge < -0.3 is 30.9 Å². The predicted octanol–water partition coefficient (Wildman–Crippen LogP) is 0.745. The van der Waals surface area contributed by atoms with E-state index in [1.54, 1.807) is 6.92 Å². The predicted molar refractivity (Wildman–Crippen MR) is 83.6 cm³/mol. The van der Waals surface area contributed by atoms with Gasteiger partial charge >= 0.3 is 0 Å². The molecule has 122 valence electrons. The number of benzene rings is 1. The van der Waals surface area contributed by atoms with E-state index in [0.717, 1.165) is 6.54 Å². The first kappa shape index (κ1) is 16.7. The van der Waals surface area contributed by atoms with Crippen molar-refractivity contribution in [1.82, 2.24) is 10.6 Å². The van der Waals surface area contributed by atoms with Crippen LogP contribution in [0.15, 0.2) is 6.07 Å². The van der Waals surface area contributed by atoms with Crippen molar-refractivity contribution in [2.24, 2.45) is 0 Å². The fourth-order valence-corrected chi connectivity index (χ4v) is 2.34. The highest BCUT2D eigenvalue weighted by atomic mass is 35.5. The molecule has 1 atom stereocenters. The van der Waals surface area contributed by atoms with E-state index in [0.29, 0.717) is 19.7 Å². The van der Waals surface area contributed by atoms with Gasteiger partial charge in [0, 0.05) is 19.6 Å². The third-order valence-electron chi connectivity index (χ3n) is 3.27. The summed E-state index contributed by atoms with van der Waals surface area (Å²) < 4.78 is 10.8. The number of amides is 1. The number of aromatic hydroxyl groups is 1. The second-order valence-electron chi connectivity index (χ2n) is 4.84. The number of nitrogens with two attached hydrogens (primary N) is 1. The highest BCUT2D eigenvalue weighted by molar-refractivity contribution is 6.34. The van der Waals surface area contributed by atoms with Crippen LogP contribution in [0.1, 0.15) is 17.3 Å². The summed E-state index contributed by atoms with van der Waals surface area (Å²) in [6.45, 7) is 4.46. The Labute approximate surface area is 133 Å². The molecule has 0 aromatic heterocycles. The van der Waals surface area contributed by atoms with Crippen LogP contribution in [0.5, 0.6) is 11.5 Å². The average Bonchev–Trinajstić information content (AvgIpc) is 2.54. The molecular formula is C14H20ClN3O4. The summed E-state index contributed by atoms with van der Waals surface area (Å²) in [5.41, 5.74) is 5.78.